The van der Waals surface area contributed by atoms with Crippen LogP contribution >= 0.6 is 11.6 Å². The van der Waals surface area contributed by atoms with E-state index in [1.54, 1.807) is 6.20 Å². The van der Waals surface area contributed by atoms with Crippen LogP contribution in [0.1, 0.15) is 20.3 Å². The van der Waals surface area contributed by atoms with Crippen molar-refractivity contribution in [3.05, 3.63) is 17.5 Å². The molecule has 0 aliphatic heterocycles. The van der Waals surface area contributed by atoms with Gasteiger partial charge in [0, 0.05) is 6.54 Å². The van der Waals surface area contributed by atoms with Gasteiger partial charge >= 0.3 is 0 Å². The zero-order chi connectivity index (χ0) is 10.2. The molecule has 1 aliphatic carbocycles. The SMILES string of the molecule is CC1(C)CC1CNc1cncc(Cl)n1. The molecule has 1 N–H and O–H groups in total. The molecule has 0 spiro atoms. The van der Waals surface area contributed by atoms with Gasteiger partial charge in [-0.15, -0.1) is 0 Å². The molecule has 1 heterocycles. The Morgan fingerprint density at radius 1 is 1.57 bits per heavy atom. The summed E-state index contributed by atoms with van der Waals surface area (Å²) < 4.78 is 0. The van der Waals surface area contributed by atoms with Gasteiger partial charge < -0.3 is 5.32 Å². The summed E-state index contributed by atoms with van der Waals surface area (Å²) in [6, 6.07) is 0. The Morgan fingerprint density at radius 3 is 2.86 bits per heavy atom. The van der Waals surface area contributed by atoms with Crippen LogP contribution in [0, 0.1) is 11.3 Å². The molecule has 0 saturated heterocycles. The molecule has 1 aromatic rings. The molecule has 3 nitrogen and oxygen atoms in total. The Hall–Kier alpha value is -0.830. The van der Waals surface area contributed by atoms with Gasteiger partial charge in [-0.05, 0) is 17.8 Å². The molecule has 0 aromatic carbocycles. The third-order valence-electron chi connectivity index (χ3n) is 2.85. The van der Waals surface area contributed by atoms with Crippen molar-refractivity contribution in [2.75, 3.05) is 11.9 Å². The minimum atomic E-state index is 0.435. The van der Waals surface area contributed by atoms with E-state index in [1.807, 2.05) is 0 Å². The molecule has 14 heavy (non-hydrogen) atoms. The largest absolute Gasteiger partial charge is 0.368 e. The van der Waals surface area contributed by atoms with E-state index in [-0.39, 0.29) is 0 Å². The fourth-order valence-electron chi connectivity index (χ4n) is 1.58. The van der Waals surface area contributed by atoms with Crippen molar-refractivity contribution in [1.82, 2.24) is 9.97 Å². The molecule has 1 aliphatic rings. The highest BCUT2D eigenvalue weighted by molar-refractivity contribution is 6.29. The average molecular weight is 212 g/mol. The summed E-state index contributed by atoms with van der Waals surface area (Å²) in [5, 5.41) is 3.68. The molecule has 1 fully saturated rings. The smallest absolute Gasteiger partial charge is 0.149 e. The summed E-state index contributed by atoms with van der Waals surface area (Å²) in [5.74, 6) is 1.52. The summed E-state index contributed by atoms with van der Waals surface area (Å²) in [4.78, 5) is 8.07. The van der Waals surface area contributed by atoms with Crippen molar-refractivity contribution in [2.45, 2.75) is 20.3 Å². The van der Waals surface area contributed by atoms with Crippen molar-refractivity contribution >= 4 is 17.4 Å². The number of hydrogen-bond donors (Lipinski definition) is 1. The first-order valence-electron chi connectivity index (χ1n) is 4.79. The van der Waals surface area contributed by atoms with E-state index >= 15 is 0 Å². The quantitative estimate of drug-likeness (QED) is 0.835. The predicted molar refractivity (Wildman–Crippen MR) is 57.4 cm³/mol. The lowest BCUT2D eigenvalue weighted by molar-refractivity contribution is 0.573. The Labute approximate surface area is 88.9 Å². The van der Waals surface area contributed by atoms with Crippen LogP contribution < -0.4 is 5.32 Å². The summed E-state index contributed by atoms with van der Waals surface area (Å²) in [6.45, 7) is 5.52. The van der Waals surface area contributed by atoms with Gasteiger partial charge in [-0.1, -0.05) is 25.4 Å². The number of rotatable bonds is 3. The third kappa shape index (κ3) is 2.15. The van der Waals surface area contributed by atoms with Gasteiger partial charge in [0.2, 0.25) is 0 Å². The summed E-state index contributed by atoms with van der Waals surface area (Å²) >= 11 is 5.72. The zero-order valence-electron chi connectivity index (χ0n) is 8.42. The number of hydrogen-bond acceptors (Lipinski definition) is 3. The topological polar surface area (TPSA) is 37.8 Å². The first-order chi connectivity index (χ1) is 6.58. The maximum atomic E-state index is 5.72. The van der Waals surface area contributed by atoms with Crippen molar-refractivity contribution in [3.63, 3.8) is 0 Å². The lowest BCUT2D eigenvalue weighted by Crippen LogP contribution is -2.08. The van der Waals surface area contributed by atoms with Gasteiger partial charge in [0.15, 0.2) is 0 Å². The Bertz CT molecular complexity index is 338. The summed E-state index contributed by atoms with van der Waals surface area (Å²) in [6.07, 6.45) is 4.52. The minimum Gasteiger partial charge on any atom is -0.368 e. The highest BCUT2D eigenvalue weighted by Gasteiger charge is 2.44. The van der Waals surface area contributed by atoms with Gasteiger partial charge in [0.1, 0.15) is 11.0 Å². The molecule has 76 valence electrons. The van der Waals surface area contributed by atoms with Crippen LogP contribution in [-0.4, -0.2) is 16.5 Å². The maximum Gasteiger partial charge on any atom is 0.149 e. The van der Waals surface area contributed by atoms with Crippen LogP contribution in [0.5, 0.6) is 0 Å². The lowest BCUT2D eigenvalue weighted by Gasteiger charge is -2.06. The molecule has 0 radical (unpaired) electrons. The van der Waals surface area contributed by atoms with Crippen LogP contribution in [0.3, 0.4) is 0 Å². The van der Waals surface area contributed by atoms with Gasteiger partial charge in [-0.2, -0.15) is 0 Å². The second-order valence-corrected chi connectivity index (χ2v) is 4.88. The molecular formula is C10H14ClN3. The maximum absolute atomic E-state index is 5.72. The van der Waals surface area contributed by atoms with Crippen LogP contribution in [-0.2, 0) is 0 Å². The molecule has 4 heteroatoms. The monoisotopic (exact) mass is 211 g/mol. The number of nitrogens with one attached hydrogen (secondary N) is 1. The van der Waals surface area contributed by atoms with Crippen molar-refractivity contribution < 1.29 is 0 Å². The van der Waals surface area contributed by atoms with E-state index in [0.29, 0.717) is 10.6 Å². The Morgan fingerprint density at radius 2 is 2.29 bits per heavy atom. The molecular weight excluding hydrogens is 198 g/mol. The van der Waals surface area contributed by atoms with Gasteiger partial charge in [-0.3, -0.25) is 4.98 Å². The van der Waals surface area contributed by atoms with Gasteiger partial charge in [0.05, 0.1) is 12.4 Å². The van der Waals surface area contributed by atoms with E-state index < -0.39 is 0 Å². The zero-order valence-corrected chi connectivity index (χ0v) is 9.17. The second kappa shape index (κ2) is 3.39. The lowest BCUT2D eigenvalue weighted by atomic mass is 10.1. The number of halogens is 1. The molecule has 2 rings (SSSR count). The number of anilines is 1. The second-order valence-electron chi connectivity index (χ2n) is 4.50. The van der Waals surface area contributed by atoms with Crippen molar-refractivity contribution in [1.29, 1.82) is 0 Å². The Balaban J connectivity index is 1.87. The molecule has 1 atom stereocenters. The minimum absolute atomic E-state index is 0.435. The molecule has 0 amide bonds. The summed E-state index contributed by atoms with van der Waals surface area (Å²) in [7, 11) is 0. The summed E-state index contributed by atoms with van der Waals surface area (Å²) in [5.41, 5.74) is 0.499. The van der Waals surface area contributed by atoms with Crippen LogP contribution in [0.4, 0.5) is 5.82 Å². The molecule has 1 unspecified atom stereocenters. The highest BCUT2D eigenvalue weighted by atomic mass is 35.5. The predicted octanol–water partition coefficient (Wildman–Crippen LogP) is 2.59. The van der Waals surface area contributed by atoms with E-state index in [0.717, 1.165) is 18.3 Å². The molecule has 1 saturated carbocycles. The highest BCUT2D eigenvalue weighted by Crippen LogP contribution is 2.51. The number of aromatic nitrogens is 2. The molecule has 0 bridgehead atoms. The van der Waals surface area contributed by atoms with Crippen LogP contribution in [0.15, 0.2) is 12.4 Å². The molecule has 1 aromatic heterocycles. The van der Waals surface area contributed by atoms with E-state index in [4.69, 9.17) is 11.6 Å². The van der Waals surface area contributed by atoms with Gasteiger partial charge in [0.25, 0.3) is 0 Å². The third-order valence-corrected chi connectivity index (χ3v) is 3.03. The van der Waals surface area contributed by atoms with Gasteiger partial charge in [-0.25, -0.2) is 4.98 Å². The van der Waals surface area contributed by atoms with E-state index in [2.05, 4.69) is 29.1 Å². The van der Waals surface area contributed by atoms with Crippen LogP contribution in [0.25, 0.3) is 0 Å². The van der Waals surface area contributed by atoms with E-state index in [9.17, 15) is 0 Å². The first kappa shape index (κ1) is 9.71. The first-order valence-corrected chi connectivity index (χ1v) is 5.17. The number of nitrogens with zero attached hydrogens (tertiary/aromatic N) is 2. The fourth-order valence-corrected chi connectivity index (χ4v) is 1.73. The van der Waals surface area contributed by atoms with E-state index in [1.165, 1.54) is 12.6 Å². The normalized spacial score (nSPS) is 23.2. The standard InChI is InChI=1S/C10H14ClN3/c1-10(2)3-7(10)4-13-9-6-12-5-8(11)14-9/h5-7H,3-4H2,1-2H3,(H,13,14). The van der Waals surface area contributed by atoms with Crippen molar-refractivity contribution in [2.24, 2.45) is 11.3 Å². The van der Waals surface area contributed by atoms with Crippen LogP contribution in [0.2, 0.25) is 5.15 Å². The Kier molecular flexibility index (Phi) is 2.35. The van der Waals surface area contributed by atoms with Crippen molar-refractivity contribution in [3.8, 4) is 0 Å². The fraction of sp³-hybridized carbons (Fsp3) is 0.600. The average Bonchev–Trinajstić information content (AvgIpc) is 2.71.